The van der Waals surface area contributed by atoms with E-state index < -0.39 is 0 Å². The molecule has 0 bridgehead atoms. The Labute approximate surface area is 106 Å². The van der Waals surface area contributed by atoms with Crippen molar-refractivity contribution in [2.24, 2.45) is 5.92 Å². The number of hydrogen-bond acceptors (Lipinski definition) is 3. The van der Waals surface area contributed by atoms with E-state index in [2.05, 4.69) is 22.4 Å². The average Bonchev–Trinajstić information content (AvgIpc) is 3.04. The van der Waals surface area contributed by atoms with E-state index in [1.807, 2.05) is 18.3 Å². The minimum Gasteiger partial charge on any atom is -0.455 e. The van der Waals surface area contributed by atoms with Crippen molar-refractivity contribution in [2.45, 2.75) is 25.3 Å². The molecule has 1 saturated heterocycles. The zero-order chi connectivity index (χ0) is 11.9. The van der Waals surface area contributed by atoms with Crippen molar-refractivity contribution in [1.29, 1.82) is 0 Å². The lowest BCUT2D eigenvalue weighted by atomic mass is 9.85. The fourth-order valence-electron chi connectivity index (χ4n) is 3.19. The molecule has 0 aromatic carbocycles. The first-order valence-corrected chi connectivity index (χ1v) is 6.67. The van der Waals surface area contributed by atoms with E-state index in [9.17, 15) is 0 Å². The highest BCUT2D eigenvalue weighted by Gasteiger charge is 2.30. The Kier molecular flexibility index (Phi) is 2.27. The largest absolute Gasteiger partial charge is 0.455 e. The number of nitrogens with zero attached hydrogens (tertiary/aromatic N) is 1. The van der Waals surface area contributed by atoms with Gasteiger partial charge in [-0.05, 0) is 49.4 Å². The maximum absolute atomic E-state index is 5.90. The maximum Gasteiger partial charge on any atom is 0.153 e. The van der Waals surface area contributed by atoms with Crippen LogP contribution in [0.2, 0.25) is 0 Å². The molecule has 2 aromatic rings. The Balaban J connectivity index is 1.70. The average molecular weight is 240 g/mol. The van der Waals surface area contributed by atoms with Gasteiger partial charge in [0.25, 0.3) is 0 Å². The van der Waals surface area contributed by atoms with Gasteiger partial charge >= 0.3 is 0 Å². The molecule has 0 saturated carbocycles. The summed E-state index contributed by atoms with van der Waals surface area (Å²) in [7, 11) is 0. The van der Waals surface area contributed by atoms with Gasteiger partial charge < -0.3 is 9.73 Å². The number of pyridine rings is 1. The van der Waals surface area contributed by atoms with Gasteiger partial charge in [-0.2, -0.15) is 0 Å². The molecular formula is C15H16N2O. The highest BCUT2D eigenvalue weighted by molar-refractivity contribution is 5.78. The van der Waals surface area contributed by atoms with Gasteiger partial charge in [0.2, 0.25) is 0 Å². The van der Waals surface area contributed by atoms with Gasteiger partial charge in [-0.25, -0.2) is 0 Å². The molecule has 1 N–H and O–H groups in total. The number of rotatable bonds is 1. The molecular weight excluding hydrogens is 224 g/mol. The molecule has 0 unspecified atom stereocenters. The van der Waals surface area contributed by atoms with Gasteiger partial charge in [-0.3, -0.25) is 4.98 Å². The summed E-state index contributed by atoms with van der Waals surface area (Å²) in [6, 6.07) is 6.60. The van der Waals surface area contributed by atoms with Crippen LogP contribution in [0, 0.1) is 5.92 Å². The number of nitrogens with one attached hydrogen (secondary N) is 1. The fraction of sp³-hybridized carbons (Fsp3) is 0.400. The maximum atomic E-state index is 5.90. The summed E-state index contributed by atoms with van der Waals surface area (Å²) in [6.07, 6.45) is 7.75. The lowest BCUT2D eigenvalue weighted by Gasteiger charge is -2.24. The SMILES string of the molecule is C1=C(c2cc3ncccc3o2)C[C@H]2NCC[C@H]2C1. The third-order valence-electron chi connectivity index (χ3n) is 4.20. The molecule has 92 valence electrons. The smallest absolute Gasteiger partial charge is 0.153 e. The standard InChI is InChI=1S/C15H16N2O/c1-2-14-13(16-6-1)9-15(18-14)11-4-3-10-5-7-17-12(10)8-11/h1-2,4,6,9-10,12,17H,3,5,7-8H2/t10-,12-/m1/s1. The molecule has 2 aliphatic rings. The van der Waals surface area contributed by atoms with Gasteiger partial charge in [0.05, 0.1) is 0 Å². The van der Waals surface area contributed by atoms with Crippen molar-refractivity contribution in [3.05, 3.63) is 36.2 Å². The zero-order valence-corrected chi connectivity index (χ0v) is 10.2. The van der Waals surface area contributed by atoms with Gasteiger partial charge in [0.1, 0.15) is 11.3 Å². The van der Waals surface area contributed by atoms with Crippen LogP contribution < -0.4 is 5.32 Å². The molecule has 2 atom stereocenters. The minimum absolute atomic E-state index is 0.645. The first-order chi connectivity index (χ1) is 8.90. The molecule has 0 spiro atoms. The van der Waals surface area contributed by atoms with Crippen LogP contribution in [0.1, 0.15) is 25.0 Å². The second kappa shape index (κ2) is 3.95. The van der Waals surface area contributed by atoms with E-state index in [-0.39, 0.29) is 0 Å². The number of aromatic nitrogens is 1. The lowest BCUT2D eigenvalue weighted by molar-refractivity contribution is 0.440. The van der Waals surface area contributed by atoms with Crippen molar-refractivity contribution in [2.75, 3.05) is 6.54 Å². The molecule has 4 rings (SSSR count). The molecule has 0 amide bonds. The quantitative estimate of drug-likeness (QED) is 0.832. The van der Waals surface area contributed by atoms with Crippen LogP contribution >= 0.6 is 0 Å². The predicted octanol–water partition coefficient (Wildman–Crippen LogP) is 2.98. The van der Waals surface area contributed by atoms with Crippen LogP contribution in [0.3, 0.4) is 0 Å². The molecule has 1 fully saturated rings. The predicted molar refractivity (Wildman–Crippen MR) is 71.1 cm³/mol. The van der Waals surface area contributed by atoms with E-state index >= 15 is 0 Å². The summed E-state index contributed by atoms with van der Waals surface area (Å²) in [5, 5.41) is 3.59. The molecule has 18 heavy (non-hydrogen) atoms. The second-order valence-corrected chi connectivity index (χ2v) is 5.28. The fourth-order valence-corrected chi connectivity index (χ4v) is 3.19. The van der Waals surface area contributed by atoms with Crippen LogP contribution in [0.25, 0.3) is 16.7 Å². The number of hydrogen-bond donors (Lipinski definition) is 1. The minimum atomic E-state index is 0.645. The zero-order valence-electron chi connectivity index (χ0n) is 10.2. The third kappa shape index (κ3) is 1.58. The number of furan rings is 1. The third-order valence-corrected chi connectivity index (χ3v) is 4.20. The van der Waals surface area contributed by atoms with Crippen LogP contribution in [0.15, 0.2) is 34.9 Å². The molecule has 3 heteroatoms. The first kappa shape index (κ1) is 10.3. The summed E-state index contributed by atoms with van der Waals surface area (Å²) >= 11 is 0. The van der Waals surface area contributed by atoms with Gasteiger partial charge in [-0.1, -0.05) is 6.08 Å². The van der Waals surface area contributed by atoms with Crippen LogP contribution in [-0.2, 0) is 0 Å². The molecule has 3 heterocycles. The Hall–Kier alpha value is -1.61. The summed E-state index contributed by atoms with van der Waals surface area (Å²) in [4.78, 5) is 4.33. The van der Waals surface area contributed by atoms with Crippen molar-refractivity contribution in [3.63, 3.8) is 0 Å². The van der Waals surface area contributed by atoms with E-state index in [4.69, 9.17) is 4.42 Å². The highest BCUT2D eigenvalue weighted by Crippen LogP contribution is 2.36. The van der Waals surface area contributed by atoms with Crippen molar-refractivity contribution in [1.82, 2.24) is 10.3 Å². The Bertz CT molecular complexity index is 581. The van der Waals surface area contributed by atoms with Gasteiger partial charge in [0.15, 0.2) is 5.58 Å². The van der Waals surface area contributed by atoms with Crippen molar-refractivity contribution in [3.8, 4) is 0 Å². The van der Waals surface area contributed by atoms with Crippen LogP contribution in [-0.4, -0.2) is 17.6 Å². The van der Waals surface area contributed by atoms with Crippen LogP contribution in [0.4, 0.5) is 0 Å². The van der Waals surface area contributed by atoms with E-state index in [0.717, 1.165) is 35.7 Å². The lowest BCUT2D eigenvalue weighted by Crippen LogP contribution is -2.29. The molecule has 1 aliphatic heterocycles. The van der Waals surface area contributed by atoms with Crippen LogP contribution in [0.5, 0.6) is 0 Å². The normalized spacial score (nSPS) is 27.2. The van der Waals surface area contributed by atoms with Crippen molar-refractivity contribution >= 4 is 16.7 Å². The van der Waals surface area contributed by atoms with E-state index in [1.165, 1.54) is 18.4 Å². The number of allylic oxidation sites excluding steroid dienone is 1. The summed E-state index contributed by atoms with van der Waals surface area (Å²) in [6.45, 7) is 1.16. The number of fused-ring (bicyclic) bond motifs is 2. The van der Waals surface area contributed by atoms with Gasteiger partial charge in [0, 0.05) is 18.3 Å². The monoisotopic (exact) mass is 240 g/mol. The molecule has 3 nitrogen and oxygen atoms in total. The summed E-state index contributed by atoms with van der Waals surface area (Å²) in [5.41, 5.74) is 3.17. The first-order valence-electron chi connectivity index (χ1n) is 6.67. The Morgan fingerprint density at radius 2 is 2.39 bits per heavy atom. The summed E-state index contributed by atoms with van der Waals surface area (Å²) < 4.78 is 5.90. The van der Waals surface area contributed by atoms with E-state index in [0.29, 0.717) is 6.04 Å². The molecule has 2 aromatic heterocycles. The van der Waals surface area contributed by atoms with Gasteiger partial charge in [-0.15, -0.1) is 0 Å². The summed E-state index contributed by atoms with van der Waals surface area (Å²) in [5.74, 6) is 1.83. The molecule has 0 radical (unpaired) electrons. The molecule has 1 aliphatic carbocycles. The van der Waals surface area contributed by atoms with E-state index in [1.54, 1.807) is 0 Å². The van der Waals surface area contributed by atoms with Crippen molar-refractivity contribution < 1.29 is 4.42 Å². The topological polar surface area (TPSA) is 38.1 Å². The highest BCUT2D eigenvalue weighted by atomic mass is 16.3. The second-order valence-electron chi connectivity index (χ2n) is 5.28. The Morgan fingerprint density at radius 3 is 3.33 bits per heavy atom. The Morgan fingerprint density at radius 1 is 1.39 bits per heavy atom.